The molecular formula is C63H72BrCl4N19O5. The van der Waals surface area contributed by atoms with Crippen LogP contribution in [0.4, 0.5) is 33.9 Å². The number of hydrogen-bond acceptors (Lipinski definition) is 21. The van der Waals surface area contributed by atoms with Gasteiger partial charge < -0.3 is 53.6 Å². The number of halogens is 5. The van der Waals surface area contributed by atoms with Crippen LogP contribution >= 0.6 is 62.3 Å². The molecule has 8 aliphatic heterocycles. The number of nitrogens with zero attached hydrogens (tertiary/aromatic N) is 13. The number of aromatic hydroxyl groups is 1. The van der Waals surface area contributed by atoms with Crippen molar-refractivity contribution in [3.8, 4) is 17.0 Å². The van der Waals surface area contributed by atoms with Crippen molar-refractivity contribution in [2.75, 3.05) is 28.7 Å². The van der Waals surface area contributed by atoms with Gasteiger partial charge in [0, 0.05) is 71.9 Å². The van der Waals surface area contributed by atoms with Gasteiger partial charge in [0.1, 0.15) is 11.4 Å². The Hall–Kier alpha value is -7.81. The van der Waals surface area contributed by atoms with Crippen LogP contribution < -0.4 is 34.0 Å². The normalized spacial score (nSPS) is 22.9. The Morgan fingerprint density at radius 1 is 0.511 bits per heavy atom. The lowest BCUT2D eigenvalue weighted by Crippen LogP contribution is -2.45. The first-order valence-electron chi connectivity index (χ1n) is 30.2. The number of phenols is 1. The minimum Gasteiger partial charge on any atom is -0.507 e. The minimum absolute atomic E-state index is 0.0324. The van der Waals surface area contributed by atoms with Crippen molar-refractivity contribution >= 4 is 132 Å². The van der Waals surface area contributed by atoms with Crippen LogP contribution in [0.2, 0.25) is 20.6 Å². The molecule has 5 aromatic heterocycles. The Balaban J connectivity index is 0.000000130. The standard InChI is InChI=1S/C19H20N4O2.C16H21ClN4O2.C13H15ClN4O.C11H13ClN4.C4H3BrClN3/c1-11(24)23-13-6-7-14(23)9-12(8-13)16-10-17(21-22-19(16)20)15-4-2-3-5-18(15)25;1-16(2,3)23-15(22)21-10-4-5-11(21)7-9(6-10)12-8-13(17)19-20-14(12)18;1-7(19)18-9-2-3-10(18)5-8(4-9)11-6-12(14)16-17-13(11)15;12-10-5-9(11(13)16-15-10)6-3-7-1-2-8(4-6)14-7;5-2-1-3(6)8-9-4(2)7/h2-5,8,10,13-14,25H,6-7,9H2,1H3,(H2,20,22);6,8,10-11H,4-5,7H2,1-3H3,(H2,18,20);4,6,9-10H,2-3,5H2,1H3,(H2,15,17);3,5,7-8,14H,1-2,4H2,(H2,13,16);1H,(H2,7,9). The summed E-state index contributed by atoms with van der Waals surface area (Å²) in [5, 5.41) is 53.0. The number of para-hydroxylation sites is 1. The van der Waals surface area contributed by atoms with Gasteiger partial charge in [0.2, 0.25) is 11.8 Å². The second-order valence-electron chi connectivity index (χ2n) is 24.6. The van der Waals surface area contributed by atoms with Gasteiger partial charge in [-0.1, -0.05) is 82.8 Å². The summed E-state index contributed by atoms with van der Waals surface area (Å²) in [7, 11) is 0. The summed E-state index contributed by atoms with van der Waals surface area (Å²) in [4.78, 5) is 41.8. The van der Waals surface area contributed by atoms with E-state index < -0.39 is 5.60 Å². The molecule has 8 aliphatic rings. The summed E-state index contributed by atoms with van der Waals surface area (Å²) >= 11 is 26.3. The third-order valence-electron chi connectivity index (χ3n) is 17.2. The van der Waals surface area contributed by atoms with Gasteiger partial charge in [-0.3, -0.25) is 14.5 Å². The van der Waals surface area contributed by atoms with E-state index >= 15 is 0 Å². The zero-order chi connectivity index (χ0) is 65.9. The summed E-state index contributed by atoms with van der Waals surface area (Å²) in [6.45, 7) is 8.89. The maximum atomic E-state index is 12.4. The highest BCUT2D eigenvalue weighted by Gasteiger charge is 2.43. The SMILES string of the molecule is CC(=O)N1C2C=C(c3cc(-c4ccccc4O)nnc3N)CC1CC2.CC(=O)N1C2C=C(c3cc(Cl)nnc3N)CC1CC2.CC(C)(C)OC(=O)N1C2C=C(c3cc(Cl)nnc3N)CC1CC2.Nc1nnc(Cl)cc1Br.Nc1nnc(Cl)cc1C1=CC2CCC(C1)N2. The molecule has 12 N–H and O–H groups in total. The van der Waals surface area contributed by atoms with Gasteiger partial charge in [-0.15, -0.1) is 51.0 Å². The van der Waals surface area contributed by atoms with Crippen LogP contribution in [0.3, 0.4) is 0 Å². The Kier molecular flexibility index (Phi) is 20.9. The number of rotatable bonds is 5. The smallest absolute Gasteiger partial charge is 0.411 e. The first kappa shape index (κ1) is 67.1. The molecule has 14 rings (SSSR count). The van der Waals surface area contributed by atoms with E-state index in [2.05, 4.69) is 96.5 Å². The van der Waals surface area contributed by atoms with Crippen LogP contribution in [-0.2, 0) is 14.3 Å². The number of benzene rings is 1. The largest absolute Gasteiger partial charge is 0.507 e. The summed E-state index contributed by atoms with van der Waals surface area (Å²) in [5.41, 5.74) is 37.8. The van der Waals surface area contributed by atoms with E-state index in [1.165, 1.54) is 18.4 Å². The van der Waals surface area contributed by atoms with Crippen LogP contribution in [0, 0.1) is 0 Å². The number of fused-ring (bicyclic) bond motifs is 8. The number of nitrogen functional groups attached to an aromatic ring is 5. The molecule has 13 heterocycles. The van der Waals surface area contributed by atoms with Crippen LogP contribution in [-0.4, -0.2) is 143 Å². The molecule has 0 saturated carbocycles. The molecule has 3 amide bonds. The predicted octanol–water partition coefficient (Wildman–Crippen LogP) is 10.8. The van der Waals surface area contributed by atoms with Crippen molar-refractivity contribution in [1.29, 1.82) is 0 Å². The fourth-order valence-electron chi connectivity index (χ4n) is 13.3. The number of aromatic nitrogens is 10. The monoisotopic (exact) mass is 1390 g/mol. The number of anilines is 5. The highest BCUT2D eigenvalue weighted by atomic mass is 79.9. The molecule has 24 nitrogen and oxygen atoms in total. The highest BCUT2D eigenvalue weighted by Crippen LogP contribution is 2.44. The lowest BCUT2D eigenvalue weighted by Gasteiger charge is -2.35. The lowest BCUT2D eigenvalue weighted by molar-refractivity contribution is -0.131. The van der Waals surface area contributed by atoms with Crippen molar-refractivity contribution < 1.29 is 24.2 Å². The van der Waals surface area contributed by atoms with Crippen LogP contribution in [0.1, 0.15) is 134 Å². The molecule has 0 spiro atoms. The molecule has 484 valence electrons. The van der Waals surface area contributed by atoms with E-state index in [0.717, 1.165) is 103 Å². The van der Waals surface area contributed by atoms with Crippen molar-refractivity contribution in [3.63, 3.8) is 0 Å². The predicted molar refractivity (Wildman–Crippen MR) is 361 cm³/mol. The van der Waals surface area contributed by atoms with Gasteiger partial charge in [-0.05, 0) is 179 Å². The van der Waals surface area contributed by atoms with Crippen molar-refractivity contribution in [3.05, 3.63) is 126 Å². The Morgan fingerprint density at radius 2 is 0.913 bits per heavy atom. The van der Waals surface area contributed by atoms with Crippen molar-refractivity contribution in [1.82, 2.24) is 71.0 Å². The van der Waals surface area contributed by atoms with E-state index in [1.54, 1.807) is 56.3 Å². The quantitative estimate of drug-likeness (QED) is 0.0843. The minimum atomic E-state index is -0.493. The number of nitrogens with two attached hydrogens (primary N) is 5. The molecule has 1 aromatic carbocycles. The molecule has 29 heteroatoms. The van der Waals surface area contributed by atoms with Gasteiger partial charge in [-0.25, -0.2) is 4.79 Å². The van der Waals surface area contributed by atoms with Crippen molar-refractivity contribution in [2.24, 2.45) is 0 Å². The zero-order valence-electron chi connectivity index (χ0n) is 51.3. The molecule has 0 aliphatic carbocycles. The summed E-state index contributed by atoms with van der Waals surface area (Å²) in [6.07, 6.45) is 20.0. The average molecular weight is 1400 g/mol. The molecule has 6 aromatic rings. The average Bonchev–Trinajstić information content (AvgIpc) is 1.57. The fraction of sp³-hybridized carbons (Fsp3) is 0.413. The van der Waals surface area contributed by atoms with Gasteiger partial charge in [0.25, 0.3) is 0 Å². The second-order valence-corrected chi connectivity index (χ2v) is 27.0. The zero-order valence-corrected chi connectivity index (χ0v) is 55.9. The Labute approximate surface area is 560 Å². The van der Waals surface area contributed by atoms with E-state index in [-0.39, 0.29) is 59.9 Å². The maximum absolute atomic E-state index is 12.4. The molecule has 92 heavy (non-hydrogen) atoms. The van der Waals surface area contributed by atoms with Crippen LogP contribution in [0.5, 0.6) is 5.75 Å². The molecule has 8 atom stereocenters. The number of phenolic OH excluding ortho intramolecular Hbond substituents is 1. The maximum Gasteiger partial charge on any atom is 0.411 e. The number of amides is 3. The molecule has 0 radical (unpaired) electrons. The third-order valence-corrected chi connectivity index (χ3v) is 18.5. The molecule has 4 fully saturated rings. The topological polar surface area (TPSA) is 361 Å². The number of nitrogens with one attached hydrogen (secondary N) is 1. The fourth-order valence-corrected chi connectivity index (χ4v) is 14.3. The number of hydrogen-bond donors (Lipinski definition) is 7. The third kappa shape index (κ3) is 15.8. The molecule has 8 unspecified atom stereocenters. The highest BCUT2D eigenvalue weighted by molar-refractivity contribution is 9.10. The molecule has 4 saturated heterocycles. The summed E-state index contributed by atoms with van der Waals surface area (Å²) in [6, 6.07) is 17.8. The van der Waals surface area contributed by atoms with Gasteiger partial charge in [0.15, 0.2) is 49.7 Å². The van der Waals surface area contributed by atoms with E-state index in [0.29, 0.717) is 77.5 Å². The number of ether oxygens (including phenoxy) is 1. The molecule has 8 bridgehead atoms. The number of carbonyl (C=O) groups is 3. The number of carbonyl (C=O) groups excluding carboxylic acids is 3. The summed E-state index contributed by atoms with van der Waals surface area (Å²) in [5.74, 6) is 2.38. The van der Waals surface area contributed by atoms with Gasteiger partial charge >= 0.3 is 6.09 Å². The van der Waals surface area contributed by atoms with Crippen LogP contribution in [0.25, 0.3) is 33.5 Å². The summed E-state index contributed by atoms with van der Waals surface area (Å²) < 4.78 is 6.20. The van der Waals surface area contributed by atoms with Crippen LogP contribution in [0.15, 0.2) is 83.4 Å². The molecular weight excluding hydrogens is 1320 g/mol. The van der Waals surface area contributed by atoms with Gasteiger partial charge in [-0.2, -0.15) is 0 Å². The first-order chi connectivity index (χ1) is 43.8. The van der Waals surface area contributed by atoms with Gasteiger partial charge in [0.05, 0.1) is 28.3 Å². The second kappa shape index (κ2) is 28.6. The van der Waals surface area contributed by atoms with E-state index in [1.807, 2.05) is 47.6 Å². The Bertz CT molecular complexity index is 3930. The Morgan fingerprint density at radius 3 is 1.32 bits per heavy atom. The first-order valence-corrected chi connectivity index (χ1v) is 32.5. The van der Waals surface area contributed by atoms with Crippen molar-refractivity contribution in [2.45, 2.75) is 166 Å². The van der Waals surface area contributed by atoms with E-state index in [4.69, 9.17) is 79.8 Å². The lowest BCUT2D eigenvalue weighted by atomic mass is 9.94. The van der Waals surface area contributed by atoms with E-state index in [9.17, 15) is 19.5 Å².